The summed E-state index contributed by atoms with van der Waals surface area (Å²) in [6, 6.07) is 4.06. The number of aryl methyl sites for hydroxylation is 2. The van der Waals surface area contributed by atoms with E-state index in [0.717, 1.165) is 34.5 Å². The monoisotopic (exact) mass is 369 g/mol. The van der Waals surface area contributed by atoms with Crippen molar-refractivity contribution < 1.29 is 14.2 Å². The van der Waals surface area contributed by atoms with Crippen LogP contribution >= 0.6 is 0 Å². The number of nitrogens with zero attached hydrogens (tertiary/aromatic N) is 4. The van der Waals surface area contributed by atoms with Gasteiger partial charge in [0.25, 0.3) is 0 Å². The Labute approximate surface area is 156 Å². The zero-order chi connectivity index (χ0) is 18.8. The van der Waals surface area contributed by atoms with Crippen molar-refractivity contribution in [2.45, 2.75) is 64.4 Å². The Morgan fingerprint density at radius 3 is 2.81 bits per heavy atom. The molecule has 3 aromatic heterocycles. The van der Waals surface area contributed by atoms with Gasteiger partial charge in [0.1, 0.15) is 30.3 Å². The highest BCUT2D eigenvalue weighted by atomic mass is 16.8. The summed E-state index contributed by atoms with van der Waals surface area (Å²) < 4.78 is 20.9. The van der Waals surface area contributed by atoms with Crippen molar-refractivity contribution in [3.05, 3.63) is 41.7 Å². The van der Waals surface area contributed by atoms with E-state index in [-0.39, 0.29) is 24.5 Å². The van der Waals surface area contributed by atoms with Crippen LogP contribution in [0.3, 0.4) is 0 Å². The van der Waals surface area contributed by atoms with E-state index in [0.29, 0.717) is 0 Å². The normalized spacial score (nSPS) is 29.5. The second kappa shape index (κ2) is 5.85. The fraction of sp³-hybridized carbons (Fsp3) is 0.526. The first-order chi connectivity index (χ1) is 13.0. The fourth-order valence-corrected chi connectivity index (χ4v) is 4.05. The highest BCUT2D eigenvalue weighted by Gasteiger charge is 2.57. The number of aromatic amines is 1. The molecule has 3 aromatic rings. The lowest BCUT2D eigenvalue weighted by molar-refractivity contribution is -0.197. The number of hydrogen-bond acceptors (Lipinski definition) is 6. The largest absolute Gasteiger partial charge is 0.343 e. The molecule has 4 atom stereocenters. The molecule has 5 rings (SSSR count). The Morgan fingerprint density at radius 1 is 1.22 bits per heavy atom. The molecule has 0 aliphatic carbocycles. The lowest BCUT2D eigenvalue weighted by Gasteiger charge is -2.24. The van der Waals surface area contributed by atoms with E-state index < -0.39 is 5.79 Å². The van der Waals surface area contributed by atoms with Crippen LogP contribution in [0.15, 0.2) is 24.7 Å². The van der Waals surface area contributed by atoms with Gasteiger partial charge in [0.05, 0.1) is 11.4 Å². The van der Waals surface area contributed by atoms with Crippen LogP contribution in [0.25, 0.3) is 11.0 Å². The van der Waals surface area contributed by atoms with Crippen molar-refractivity contribution in [3.8, 4) is 0 Å². The fourth-order valence-electron chi connectivity index (χ4n) is 4.05. The third kappa shape index (κ3) is 2.59. The lowest BCUT2D eigenvalue weighted by Crippen LogP contribution is -2.27. The molecule has 0 bridgehead atoms. The molecule has 0 amide bonds. The number of rotatable bonds is 3. The standard InChI is InChI=1S/C19H23N5O3/c1-5-11-8-13(23-22-11)14-15-16(27-19(3,4)26-15)18(25-14)24-7-6-12-10(2)20-9-21-17(12)24/h6-9,14-16,18H,5H2,1-4H3,(H,22,23)/t14-,15+,16+,18+/m0/s1. The summed E-state index contributed by atoms with van der Waals surface area (Å²) in [5, 5.41) is 8.52. The van der Waals surface area contributed by atoms with Gasteiger partial charge in [-0.3, -0.25) is 5.10 Å². The Bertz CT molecular complexity index is 994. The first-order valence-corrected chi connectivity index (χ1v) is 9.30. The van der Waals surface area contributed by atoms with E-state index in [9.17, 15) is 0 Å². The third-order valence-corrected chi connectivity index (χ3v) is 5.33. The minimum Gasteiger partial charge on any atom is -0.343 e. The summed E-state index contributed by atoms with van der Waals surface area (Å²) in [5.74, 6) is -0.673. The molecular formula is C19H23N5O3. The maximum atomic E-state index is 6.43. The third-order valence-electron chi connectivity index (χ3n) is 5.33. The lowest BCUT2D eigenvalue weighted by atomic mass is 10.1. The Balaban J connectivity index is 1.57. The van der Waals surface area contributed by atoms with Gasteiger partial charge in [-0.05, 0) is 39.3 Å². The van der Waals surface area contributed by atoms with Crippen LogP contribution in [0.4, 0.5) is 0 Å². The van der Waals surface area contributed by atoms with Crippen molar-refractivity contribution in [1.29, 1.82) is 0 Å². The first kappa shape index (κ1) is 16.9. The Hall–Kier alpha value is -2.29. The molecule has 0 aromatic carbocycles. The molecule has 0 spiro atoms. The second-order valence-corrected chi connectivity index (χ2v) is 7.60. The van der Waals surface area contributed by atoms with Crippen LogP contribution in [0.2, 0.25) is 0 Å². The molecule has 0 saturated carbocycles. The summed E-state index contributed by atoms with van der Waals surface area (Å²) in [6.07, 6.45) is 3.30. The van der Waals surface area contributed by atoms with Gasteiger partial charge in [0.2, 0.25) is 0 Å². The summed E-state index contributed by atoms with van der Waals surface area (Å²) in [4.78, 5) is 8.74. The average Bonchev–Trinajstić information content (AvgIpc) is 3.37. The predicted molar refractivity (Wildman–Crippen MR) is 96.9 cm³/mol. The molecular weight excluding hydrogens is 346 g/mol. The predicted octanol–water partition coefficient (Wildman–Crippen LogP) is 2.82. The van der Waals surface area contributed by atoms with Gasteiger partial charge in [-0.1, -0.05) is 6.92 Å². The molecule has 1 N–H and O–H groups in total. The molecule has 0 unspecified atom stereocenters. The van der Waals surface area contributed by atoms with E-state index in [2.05, 4.69) is 27.1 Å². The van der Waals surface area contributed by atoms with Crippen molar-refractivity contribution in [3.63, 3.8) is 0 Å². The number of hydrogen-bond donors (Lipinski definition) is 1. The smallest absolute Gasteiger partial charge is 0.165 e. The molecule has 142 valence electrons. The van der Waals surface area contributed by atoms with Crippen molar-refractivity contribution >= 4 is 11.0 Å². The van der Waals surface area contributed by atoms with Gasteiger partial charge in [-0.2, -0.15) is 5.10 Å². The summed E-state index contributed by atoms with van der Waals surface area (Å²) in [5.41, 5.74) is 3.68. The zero-order valence-electron chi connectivity index (χ0n) is 15.8. The number of ether oxygens (including phenoxy) is 3. The van der Waals surface area contributed by atoms with Crippen LogP contribution in [0.5, 0.6) is 0 Å². The molecule has 27 heavy (non-hydrogen) atoms. The number of nitrogens with one attached hydrogen (secondary N) is 1. The number of H-pyrrole nitrogens is 1. The van der Waals surface area contributed by atoms with E-state index in [4.69, 9.17) is 14.2 Å². The maximum absolute atomic E-state index is 6.43. The van der Waals surface area contributed by atoms with Gasteiger partial charge in [-0.15, -0.1) is 0 Å². The summed E-state index contributed by atoms with van der Waals surface area (Å²) in [7, 11) is 0. The maximum Gasteiger partial charge on any atom is 0.165 e. The molecule has 0 radical (unpaired) electrons. The van der Waals surface area contributed by atoms with Gasteiger partial charge >= 0.3 is 0 Å². The topological polar surface area (TPSA) is 87.1 Å². The second-order valence-electron chi connectivity index (χ2n) is 7.60. The summed E-state index contributed by atoms with van der Waals surface area (Å²) in [6.45, 7) is 7.93. The molecule has 8 heteroatoms. The van der Waals surface area contributed by atoms with Crippen LogP contribution in [0, 0.1) is 6.92 Å². The summed E-state index contributed by atoms with van der Waals surface area (Å²) >= 11 is 0. The molecule has 2 fully saturated rings. The van der Waals surface area contributed by atoms with Crippen LogP contribution in [-0.2, 0) is 20.6 Å². The van der Waals surface area contributed by atoms with E-state index in [1.54, 1.807) is 6.33 Å². The molecule has 2 aliphatic heterocycles. The van der Waals surface area contributed by atoms with E-state index >= 15 is 0 Å². The minimum absolute atomic E-state index is 0.238. The van der Waals surface area contributed by atoms with Crippen molar-refractivity contribution in [2.75, 3.05) is 0 Å². The highest BCUT2D eigenvalue weighted by Crippen LogP contribution is 2.49. The molecule has 5 heterocycles. The van der Waals surface area contributed by atoms with Gasteiger partial charge in [0.15, 0.2) is 12.0 Å². The molecule has 2 aliphatic rings. The van der Waals surface area contributed by atoms with Crippen molar-refractivity contribution in [2.24, 2.45) is 0 Å². The van der Waals surface area contributed by atoms with Gasteiger partial charge < -0.3 is 18.8 Å². The molecule has 2 saturated heterocycles. The minimum atomic E-state index is -0.673. The zero-order valence-corrected chi connectivity index (χ0v) is 15.8. The van der Waals surface area contributed by atoms with Gasteiger partial charge in [0, 0.05) is 17.3 Å². The van der Waals surface area contributed by atoms with E-state index in [1.807, 2.05) is 43.7 Å². The average molecular weight is 369 g/mol. The van der Waals surface area contributed by atoms with Gasteiger partial charge in [-0.25, -0.2) is 9.97 Å². The quantitative estimate of drug-likeness (QED) is 0.764. The van der Waals surface area contributed by atoms with Crippen LogP contribution in [-0.4, -0.2) is 42.7 Å². The Kier molecular flexibility index (Phi) is 3.65. The SMILES string of the molecule is CCc1cc([C@@H]2O[C@@H](n3ccc4c(C)ncnc43)[C@@H]3OC(C)(C)O[C@@H]32)n[nH]1. The number of fused-ring (bicyclic) bond motifs is 2. The van der Waals surface area contributed by atoms with Crippen LogP contribution in [0.1, 0.15) is 50.2 Å². The molecule has 8 nitrogen and oxygen atoms in total. The Morgan fingerprint density at radius 2 is 2.04 bits per heavy atom. The first-order valence-electron chi connectivity index (χ1n) is 9.30. The van der Waals surface area contributed by atoms with E-state index in [1.165, 1.54) is 0 Å². The highest BCUT2D eigenvalue weighted by molar-refractivity contribution is 5.78. The van der Waals surface area contributed by atoms with Crippen LogP contribution < -0.4 is 0 Å². The van der Waals surface area contributed by atoms with Crippen molar-refractivity contribution in [1.82, 2.24) is 24.7 Å². The number of aromatic nitrogens is 5.